The Morgan fingerprint density at radius 1 is 1.03 bits per heavy atom. The van der Waals surface area contributed by atoms with Gasteiger partial charge in [0, 0.05) is 29.4 Å². The number of amides is 1. The van der Waals surface area contributed by atoms with Gasteiger partial charge in [0.2, 0.25) is 0 Å². The predicted molar refractivity (Wildman–Crippen MR) is 142 cm³/mol. The molecule has 1 heterocycles. The minimum atomic E-state index is -2.53. The van der Waals surface area contributed by atoms with Crippen LogP contribution in [-0.2, 0) is 9.26 Å². The summed E-state index contributed by atoms with van der Waals surface area (Å²) in [5, 5.41) is 18.9. The monoisotopic (exact) mass is 504 g/mol. The Kier molecular flexibility index (Phi) is 5.40. The summed E-state index contributed by atoms with van der Waals surface area (Å²) < 4.78 is 7.27. The van der Waals surface area contributed by atoms with E-state index in [2.05, 4.69) is 91.9 Å². The van der Waals surface area contributed by atoms with Crippen LogP contribution >= 0.6 is 0 Å². The first-order valence-electron chi connectivity index (χ1n) is 13.2. The zero-order valence-corrected chi connectivity index (χ0v) is 22.4. The van der Waals surface area contributed by atoms with Gasteiger partial charge in [-0.05, 0) is 47.5 Å². The van der Waals surface area contributed by atoms with Gasteiger partial charge in [0.1, 0.15) is 6.10 Å². The fourth-order valence-electron chi connectivity index (χ4n) is 7.36. The van der Waals surface area contributed by atoms with E-state index in [4.69, 9.17) is 14.4 Å². The molecular formula is C29H36N2O4Si. The Morgan fingerprint density at radius 3 is 2.08 bits per heavy atom. The van der Waals surface area contributed by atoms with Crippen molar-refractivity contribution in [2.45, 2.75) is 82.1 Å². The number of carbonyl (C=O) groups is 1. The summed E-state index contributed by atoms with van der Waals surface area (Å²) >= 11 is 0. The van der Waals surface area contributed by atoms with Gasteiger partial charge in [-0.15, -0.1) is 0 Å². The molecule has 1 aliphatic heterocycles. The van der Waals surface area contributed by atoms with E-state index in [9.17, 15) is 4.79 Å². The molecule has 6 nitrogen and oxygen atoms in total. The van der Waals surface area contributed by atoms with E-state index in [1.165, 1.54) is 10.4 Å². The largest absolute Gasteiger partial charge is 0.465 e. The van der Waals surface area contributed by atoms with E-state index in [1.807, 2.05) is 0 Å². The Bertz CT molecular complexity index is 1110. The molecular weight excluding hydrogens is 468 g/mol. The van der Waals surface area contributed by atoms with Crippen LogP contribution in [0.3, 0.4) is 0 Å². The van der Waals surface area contributed by atoms with E-state index in [0.29, 0.717) is 5.92 Å². The summed E-state index contributed by atoms with van der Waals surface area (Å²) in [6, 6.07) is 21.7. The van der Waals surface area contributed by atoms with Crippen LogP contribution in [0.2, 0.25) is 5.04 Å². The van der Waals surface area contributed by atoms with Gasteiger partial charge in [-0.3, -0.25) is 0 Å². The highest BCUT2D eigenvalue weighted by Crippen LogP contribution is 2.69. The molecule has 1 amide bonds. The quantitative estimate of drug-likeness (QED) is 0.537. The number of carboxylic acid groups (broad SMARTS) is 1. The van der Waals surface area contributed by atoms with Crippen molar-refractivity contribution in [2.24, 2.45) is 16.5 Å². The van der Waals surface area contributed by atoms with Gasteiger partial charge in [-0.2, -0.15) is 0 Å². The Hall–Kier alpha value is -2.64. The summed E-state index contributed by atoms with van der Waals surface area (Å²) in [6.07, 6.45) is 4.88. The van der Waals surface area contributed by atoms with Gasteiger partial charge in [-0.1, -0.05) is 86.6 Å². The van der Waals surface area contributed by atoms with Crippen molar-refractivity contribution >= 4 is 30.5 Å². The number of nitrogens with zero attached hydrogens (tertiary/aromatic N) is 1. The highest BCUT2D eigenvalue weighted by molar-refractivity contribution is 6.99. The average Bonchev–Trinajstić information content (AvgIpc) is 3.24. The molecule has 2 aromatic rings. The molecule has 4 saturated carbocycles. The Morgan fingerprint density at radius 2 is 1.58 bits per heavy atom. The first-order chi connectivity index (χ1) is 17.1. The maximum absolute atomic E-state index is 11.0. The fraction of sp³-hybridized carbons (Fsp3) is 0.517. The van der Waals surface area contributed by atoms with E-state index in [1.54, 1.807) is 0 Å². The van der Waals surface area contributed by atoms with Crippen LogP contribution in [0.25, 0.3) is 0 Å². The number of benzene rings is 2. The third-order valence-electron chi connectivity index (χ3n) is 9.12. The van der Waals surface area contributed by atoms with Crippen LogP contribution in [0.1, 0.15) is 59.3 Å². The van der Waals surface area contributed by atoms with Gasteiger partial charge < -0.3 is 19.7 Å². The van der Waals surface area contributed by atoms with Crippen LogP contribution in [0.15, 0.2) is 65.8 Å². The first kappa shape index (κ1) is 23.7. The summed E-state index contributed by atoms with van der Waals surface area (Å²) in [5.41, 5.74) is 1.02. The van der Waals surface area contributed by atoms with Gasteiger partial charge in [0.15, 0.2) is 0 Å². The summed E-state index contributed by atoms with van der Waals surface area (Å²) in [5.74, 6) is 0.452. The number of hydrogen-bond donors (Lipinski definition) is 2. The Labute approximate surface area is 214 Å². The van der Waals surface area contributed by atoms with Crippen LogP contribution in [-0.4, -0.2) is 43.0 Å². The molecule has 2 bridgehead atoms. The van der Waals surface area contributed by atoms with Gasteiger partial charge >= 0.3 is 6.09 Å². The average molecular weight is 505 g/mol. The topological polar surface area (TPSA) is 80.2 Å². The molecule has 4 aliphatic carbocycles. The molecule has 7 heteroatoms. The molecule has 0 radical (unpaired) electrons. The lowest BCUT2D eigenvalue weighted by Crippen LogP contribution is -2.76. The number of hydrogen-bond acceptors (Lipinski definition) is 4. The lowest BCUT2D eigenvalue weighted by Gasteiger charge is -2.69. The molecule has 7 rings (SSSR count). The van der Waals surface area contributed by atoms with Crippen molar-refractivity contribution in [3.05, 3.63) is 60.7 Å². The lowest BCUT2D eigenvalue weighted by atomic mass is 9.37. The van der Waals surface area contributed by atoms with E-state index < -0.39 is 14.4 Å². The number of oxime groups is 1. The molecule has 36 heavy (non-hydrogen) atoms. The second-order valence-electron chi connectivity index (χ2n) is 12.5. The minimum Gasteiger partial charge on any atom is -0.465 e. The van der Waals surface area contributed by atoms with E-state index in [0.717, 1.165) is 44.2 Å². The second kappa shape index (κ2) is 8.18. The SMILES string of the molecule is CC(C)(C)[Si](OC1CC(C2CC(C34CC(NC(=O)O)(C3)C4)=NO2)C1)(c1ccccc1)c1ccccc1. The third kappa shape index (κ3) is 3.62. The smallest absolute Gasteiger partial charge is 0.405 e. The molecule has 1 unspecified atom stereocenters. The zero-order valence-electron chi connectivity index (χ0n) is 21.4. The minimum absolute atomic E-state index is 0.0228. The van der Waals surface area contributed by atoms with E-state index in [-0.39, 0.29) is 28.2 Å². The maximum atomic E-state index is 11.0. The van der Waals surface area contributed by atoms with Gasteiger partial charge in [-0.25, -0.2) is 4.79 Å². The van der Waals surface area contributed by atoms with Crippen LogP contribution < -0.4 is 15.7 Å². The number of nitrogens with one attached hydrogen (secondary N) is 1. The van der Waals surface area contributed by atoms with Gasteiger partial charge in [0.25, 0.3) is 8.32 Å². The highest BCUT2D eigenvalue weighted by Gasteiger charge is 2.71. The lowest BCUT2D eigenvalue weighted by molar-refractivity contribution is -0.0951. The summed E-state index contributed by atoms with van der Waals surface area (Å²) in [6.45, 7) is 6.97. The molecule has 0 aromatic heterocycles. The summed E-state index contributed by atoms with van der Waals surface area (Å²) in [7, 11) is -2.53. The molecule has 2 aromatic carbocycles. The molecule has 4 fully saturated rings. The molecule has 0 saturated heterocycles. The fourth-order valence-corrected chi connectivity index (χ4v) is 12.1. The number of rotatable bonds is 7. The second-order valence-corrected chi connectivity index (χ2v) is 16.8. The zero-order chi connectivity index (χ0) is 25.2. The molecule has 0 spiro atoms. The third-order valence-corrected chi connectivity index (χ3v) is 14.2. The van der Waals surface area contributed by atoms with Crippen molar-refractivity contribution in [2.75, 3.05) is 0 Å². The van der Waals surface area contributed by atoms with Crippen molar-refractivity contribution < 1.29 is 19.2 Å². The van der Waals surface area contributed by atoms with Crippen molar-refractivity contribution in [3.63, 3.8) is 0 Å². The molecule has 190 valence electrons. The Balaban J connectivity index is 1.13. The van der Waals surface area contributed by atoms with Crippen molar-refractivity contribution in [3.8, 4) is 0 Å². The van der Waals surface area contributed by atoms with Crippen molar-refractivity contribution in [1.82, 2.24) is 5.32 Å². The van der Waals surface area contributed by atoms with Crippen molar-refractivity contribution in [1.29, 1.82) is 0 Å². The molecule has 1 atom stereocenters. The predicted octanol–water partition coefficient (Wildman–Crippen LogP) is 4.68. The van der Waals surface area contributed by atoms with Gasteiger partial charge in [0.05, 0.1) is 5.71 Å². The standard InChI is InChI=1S/C29H36N2O4Si/c1-27(2,3)36(22-10-6-4-7-11-22,23-12-8-5-9-13-23)35-21-14-20(15-21)24-16-25(31-34-24)28-17-29(18-28,19-28)30-26(32)33/h4-13,20-21,24,30H,14-19H2,1-3H3,(H,32,33). The molecule has 5 aliphatic rings. The first-order valence-corrected chi connectivity index (χ1v) is 15.1. The van der Waals surface area contributed by atoms with Crippen LogP contribution in [0.5, 0.6) is 0 Å². The maximum Gasteiger partial charge on any atom is 0.405 e. The normalized spacial score (nSPS) is 32.9. The highest BCUT2D eigenvalue weighted by atomic mass is 28.4. The summed E-state index contributed by atoms with van der Waals surface area (Å²) in [4.78, 5) is 17.0. The van der Waals surface area contributed by atoms with Crippen LogP contribution in [0.4, 0.5) is 4.79 Å². The van der Waals surface area contributed by atoms with E-state index >= 15 is 0 Å². The molecule has 2 N–H and O–H groups in total. The van der Waals surface area contributed by atoms with Crippen LogP contribution in [0, 0.1) is 11.3 Å².